The standard InChI is InChI=1S/C15H13N3O2S/c1-10-9-21-15-16-11(2)13(17(10)15)8-14(18(19)20)12-6-4-3-5-7-12/h3-9H,1-2H3. The van der Waals surface area contributed by atoms with Crippen LogP contribution in [0.15, 0.2) is 35.7 Å². The summed E-state index contributed by atoms with van der Waals surface area (Å²) >= 11 is 1.53. The van der Waals surface area contributed by atoms with E-state index in [1.165, 1.54) is 11.3 Å². The van der Waals surface area contributed by atoms with Gasteiger partial charge in [0.1, 0.15) is 0 Å². The summed E-state index contributed by atoms with van der Waals surface area (Å²) in [5.41, 5.74) is 3.24. The van der Waals surface area contributed by atoms with Crippen molar-refractivity contribution in [3.05, 3.63) is 68.5 Å². The lowest BCUT2D eigenvalue weighted by Crippen LogP contribution is -1.99. The predicted octanol–water partition coefficient (Wildman–Crippen LogP) is 3.79. The van der Waals surface area contributed by atoms with Crippen LogP contribution < -0.4 is 0 Å². The number of thiazole rings is 1. The van der Waals surface area contributed by atoms with Crippen molar-refractivity contribution in [3.63, 3.8) is 0 Å². The van der Waals surface area contributed by atoms with Gasteiger partial charge < -0.3 is 0 Å². The zero-order valence-electron chi connectivity index (χ0n) is 11.6. The van der Waals surface area contributed by atoms with Crippen molar-refractivity contribution in [2.45, 2.75) is 13.8 Å². The van der Waals surface area contributed by atoms with Crippen LogP contribution in [0.25, 0.3) is 16.7 Å². The Kier molecular flexibility index (Phi) is 3.31. The van der Waals surface area contributed by atoms with Crippen LogP contribution in [0.4, 0.5) is 0 Å². The molecule has 0 N–H and O–H groups in total. The van der Waals surface area contributed by atoms with E-state index >= 15 is 0 Å². The first kappa shape index (κ1) is 13.5. The van der Waals surface area contributed by atoms with Crippen LogP contribution in [0, 0.1) is 24.0 Å². The van der Waals surface area contributed by atoms with E-state index in [-0.39, 0.29) is 10.6 Å². The lowest BCUT2D eigenvalue weighted by Gasteiger charge is -2.00. The molecule has 5 nitrogen and oxygen atoms in total. The largest absolute Gasteiger partial charge is 0.288 e. The first-order valence-electron chi connectivity index (χ1n) is 6.42. The van der Waals surface area contributed by atoms with Crippen molar-refractivity contribution in [2.24, 2.45) is 0 Å². The summed E-state index contributed by atoms with van der Waals surface area (Å²) in [4.78, 5) is 16.4. The number of hydrogen-bond donors (Lipinski definition) is 0. The molecule has 2 heterocycles. The van der Waals surface area contributed by atoms with E-state index in [0.29, 0.717) is 5.56 Å². The zero-order chi connectivity index (χ0) is 15.0. The molecule has 0 atom stereocenters. The van der Waals surface area contributed by atoms with Gasteiger partial charge in [0.05, 0.1) is 21.9 Å². The van der Waals surface area contributed by atoms with Crippen molar-refractivity contribution in [1.29, 1.82) is 0 Å². The molecule has 0 fully saturated rings. The van der Waals surface area contributed by atoms with Gasteiger partial charge >= 0.3 is 0 Å². The fourth-order valence-corrected chi connectivity index (χ4v) is 3.19. The molecule has 6 heteroatoms. The van der Waals surface area contributed by atoms with Gasteiger partial charge in [0.15, 0.2) is 4.96 Å². The van der Waals surface area contributed by atoms with Gasteiger partial charge in [-0.2, -0.15) is 0 Å². The van der Waals surface area contributed by atoms with E-state index in [1.54, 1.807) is 30.3 Å². The molecule has 0 saturated heterocycles. The molecule has 0 spiro atoms. The molecule has 0 aliphatic carbocycles. The van der Waals surface area contributed by atoms with Crippen molar-refractivity contribution < 1.29 is 4.92 Å². The minimum atomic E-state index is -0.351. The second-order valence-electron chi connectivity index (χ2n) is 4.73. The van der Waals surface area contributed by atoms with Crippen molar-refractivity contribution in [1.82, 2.24) is 9.38 Å². The molecular weight excluding hydrogens is 286 g/mol. The Hall–Kier alpha value is -2.47. The quantitative estimate of drug-likeness (QED) is 0.546. The van der Waals surface area contributed by atoms with Crippen LogP contribution in [0.3, 0.4) is 0 Å². The molecule has 0 aliphatic rings. The third-order valence-corrected chi connectivity index (χ3v) is 4.24. The number of aromatic nitrogens is 2. The van der Waals surface area contributed by atoms with Crippen LogP contribution in [-0.2, 0) is 0 Å². The number of nitro groups is 1. The summed E-state index contributed by atoms with van der Waals surface area (Å²) in [5.74, 6) is 0. The van der Waals surface area contributed by atoms with Gasteiger partial charge in [-0.1, -0.05) is 18.2 Å². The monoisotopic (exact) mass is 299 g/mol. The Morgan fingerprint density at radius 3 is 2.71 bits per heavy atom. The highest BCUT2D eigenvalue weighted by Crippen LogP contribution is 2.25. The number of hydrogen-bond acceptors (Lipinski definition) is 4. The highest BCUT2D eigenvalue weighted by Gasteiger charge is 2.18. The topological polar surface area (TPSA) is 60.4 Å². The number of fused-ring (bicyclic) bond motifs is 1. The molecule has 21 heavy (non-hydrogen) atoms. The summed E-state index contributed by atoms with van der Waals surface area (Å²) in [6, 6.07) is 8.90. The van der Waals surface area contributed by atoms with E-state index in [1.807, 2.05) is 29.7 Å². The number of benzene rings is 1. The van der Waals surface area contributed by atoms with E-state index in [9.17, 15) is 10.1 Å². The number of imidazole rings is 1. The smallest absolute Gasteiger partial charge is 0.278 e. The van der Waals surface area contributed by atoms with Crippen molar-refractivity contribution >= 4 is 28.1 Å². The molecule has 3 rings (SSSR count). The van der Waals surface area contributed by atoms with E-state index < -0.39 is 0 Å². The van der Waals surface area contributed by atoms with Crippen LogP contribution in [0.5, 0.6) is 0 Å². The zero-order valence-corrected chi connectivity index (χ0v) is 12.4. The van der Waals surface area contributed by atoms with Gasteiger partial charge in [0.25, 0.3) is 5.70 Å². The Morgan fingerprint density at radius 2 is 2.05 bits per heavy atom. The molecule has 0 bridgehead atoms. The number of nitrogens with zero attached hydrogens (tertiary/aromatic N) is 3. The van der Waals surface area contributed by atoms with Crippen LogP contribution in [0.2, 0.25) is 0 Å². The third-order valence-electron chi connectivity index (χ3n) is 3.29. The second-order valence-corrected chi connectivity index (χ2v) is 5.57. The number of aryl methyl sites for hydroxylation is 2. The first-order chi connectivity index (χ1) is 10.1. The van der Waals surface area contributed by atoms with Gasteiger partial charge in [0, 0.05) is 17.2 Å². The summed E-state index contributed by atoms with van der Waals surface area (Å²) in [7, 11) is 0. The average Bonchev–Trinajstić information content (AvgIpc) is 2.97. The van der Waals surface area contributed by atoms with Gasteiger partial charge in [-0.25, -0.2) is 4.98 Å². The van der Waals surface area contributed by atoms with Gasteiger partial charge in [-0.3, -0.25) is 14.5 Å². The molecular formula is C15H13N3O2S. The normalized spacial score (nSPS) is 12.0. The summed E-state index contributed by atoms with van der Waals surface area (Å²) in [6.07, 6.45) is 1.60. The summed E-state index contributed by atoms with van der Waals surface area (Å²) < 4.78 is 1.95. The molecule has 0 saturated carbocycles. The Bertz CT molecular complexity index is 847. The molecule has 2 aromatic heterocycles. The summed E-state index contributed by atoms with van der Waals surface area (Å²) in [6.45, 7) is 3.84. The third kappa shape index (κ3) is 2.34. The fraction of sp³-hybridized carbons (Fsp3) is 0.133. The fourth-order valence-electron chi connectivity index (χ4n) is 2.28. The lowest BCUT2D eigenvalue weighted by atomic mass is 10.1. The molecule has 0 aliphatic heterocycles. The maximum atomic E-state index is 11.4. The van der Waals surface area contributed by atoms with Crippen molar-refractivity contribution in [2.75, 3.05) is 0 Å². The highest BCUT2D eigenvalue weighted by atomic mass is 32.1. The maximum Gasteiger partial charge on any atom is 0.278 e. The lowest BCUT2D eigenvalue weighted by molar-refractivity contribution is -0.374. The molecule has 0 unspecified atom stereocenters. The Balaban J connectivity index is 2.23. The van der Waals surface area contributed by atoms with Crippen molar-refractivity contribution in [3.8, 4) is 0 Å². The molecule has 0 amide bonds. The first-order valence-corrected chi connectivity index (χ1v) is 7.30. The summed E-state index contributed by atoms with van der Waals surface area (Å²) in [5, 5.41) is 13.4. The second kappa shape index (κ2) is 5.14. The van der Waals surface area contributed by atoms with Crippen LogP contribution >= 0.6 is 11.3 Å². The SMILES string of the molecule is Cc1nc2scc(C)n2c1C=C(c1ccccc1)[N+](=O)[O-]. The van der Waals surface area contributed by atoms with E-state index in [0.717, 1.165) is 22.0 Å². The minimum Gasteiger partial charge on any atom is -0.288 e. The van der Waals surface area contributed by atoms with Crippen LogP contribution in [-0.4, -0.2) is 14.3 Å². The van der Waals surface area contributed by atoms with Crippen LogP contribution in [0.1, 0.15) is 22.6 Å². The number of rotatable bonds is 3. The van der Waals surface area contributed by atoms with Gasteiger partial charge in [0.2, 0.25) is 0 Å². The Labute approximate surface area is 125 Å². The Morgan fingerprint density at radius 1 is 1.33 bits per heavy atom. The average molecular weight is 299 g/mol. The molecule has 1 aromatic carbocycles. The van der Waals surface area contributed by atoms with E-state index in [2.05, 4.69) is 4.98 Å². The van der Waals surface area contributed by atoms with Gasteiger partial charge in [-0.05, 0) is 26.0 Å². The minimum absolute atomic E-state index is 0.0751. The highest BCUT2D eigenvalue weighted by molar-refractivity contribution is 7.15. The molecule has 3 aromatic rings. The van der Waals surface area contributed by atoms with Gasteiger partial charge in [-0.15, -0.1) is 11.3 Å². The molecule has 0 radical (unpaired) electrons. The predicted molar refractivity (Wildman–Crippen MR) is 83.9 cm³/mol. The van der Waals surface area contributed by atoms with E-state index in [4.69, 9.17) is 0 Å². The maximum absolute atomic E-state index is 11.4. The molecule has 106 valence electrons.